The minimum Gasteiger partial charge on any atom is -0.320 e. The van der Waals surface area contributed by atoms with Crippen LogP contribution in [0.2, 0.25) is 0 Å². The van der Waals surface area contributed by atoms with Gasteiger partial charge in [0, 0.05) is 13.1 Å². The van der Waals surface area contributed by atoms with E-state index in [0.717, 1.165) is 23.5 Å². The van der Waals surface area contributed by atoms with Crippen molar-refractivity contribution in [2.24, 2.45) is 11.7 Å². The average molecular weight is 309 g/mol. The van der Waals surface area contributed by atoms with Gasteiger partial charge in [-0.05, 0) is 24.5 Å². The SMILES string of the molecule is CC(C)C[C@H](N)C(=O)N1CCn2c1nc1ccccc12.Cl. The first-order valence-electron chi connectivity index (χ1n) is 7.10. The topological polar surface area (TPSA) is 64.2 Å². The Bertz CT molecular complexity index is 652. The van der Waals surface area contributed by atoms with Crippen LogP contribution in [0.5, 0.6) is 0 Å². The number of carbonyl (C=O) groups excluding carboxylic acids is 1. The zero-order chi connectivity index (χ0) is 14.3. The Kier molecular flexibility index (Phi) is 4.54. The Morgan fingerprint density at radius 2 is 2.05 bits per heavy atom. The molecule has 0 unspecified atom stereocenters. The van der Waals surface area contributed by atoms with Gasteiger partial charge in [0.2, 0.25) is 11.9 Å². The number of carbonyl (C=O) groups is 1. The first-order chi connectivity index (χ1) is 9.58. The summed E-state index contributed by atoms with van der Waals surface area (Å²) in [4.78, 5) is 18.8. The van der Waals surface area contributed by atoms with Crippen LogP contribution in [0, 0.1) is 5.92 Å². The summed E-state index contributed by atoms with van der Waals surface area (Å²) < 4.78 is 2.09. The summed E-state index contributed by atoms with van der Waals surface area (Å²) in [6, 6.07) is 7.51. The molecule has 0 aliphatic carbocycles. The molecule has 1 aromatic carbocycles. The van der Waals surface area contributed by atoms with E-state index >= 15 is 0 Å². The van der Waals surface area contributed by atoms with E-state index in [9.17, 15) is 4.79 Å². The summed E-state index contributed by atoms with van der Waals surface area (Å²) in [7, 11) is 0. The van der Waals surface area contributed by atoms with Gasteiger partial charge in [-0.3, -0.25) is 9.69 Å². The third kappa shape index (κ3) is 2.76. The van der Waals surface area contributed by atoms with Crippen molar-refractivity contribution in [1.29, 1.82) is 0 Å². The molecule has 1 amide bonds. The van der Waals surface area contributed by atoms with Crippen molar-refractivity contribution in [3.63, 3.8) is 0 Å². The van der Waals surface area contributed by atoms with Gasteiger partial charge in [-0.2, -0.15) is 0 Å². The van der Waals surface area contributed by atoms with Crippen LogP contribution >= 0.6 is 12.4 Å². The summed E-state index contributed by atoms with van der Waals surface area (Å²) >= 11 is 0. The van der Waals surface area contributed by atoms with E-state index in [1.165, 1.54) is 0 Å². The van der Waals surface area contributed by atoms with Gasteiger partial charge in [0.25, 0.3) is 0 Å². The lowest BCUT2D eigenvalue weighted by atomic mass is 10.0. The van der Waals surface area contributed by atoms with Crippen molar-refractivity contribution in [2.45, 2.75) is 32.9 Å². The predicted molar refractivity (Wildman–Crippen MR) is 86.8 cm³/mol. The molecule has 114 valence electrons. The molecule has 0 radical (unpaired) electrons. The molecule has 0 fully saturated rings. The number of fused-ring (bicyclic) bond motifs is 3. The maximum Gasteiger partial charge on any atom is 0.246 e. The molecule has 0 bridgehead atoms. The molecule has 6 heteroatoms. The summed E-state index contributed by atoms with van der Waals surface area (Å²) in [5, 5.41) is 0. The second-order valence-corrected chi connectivity index (χ2v) is 5.78. The summed E-state index contributed by atoms with van der Waals surface area (Å²) in [6.45, 7) is 5.60. The normalized spacial score (nSPS) is 15.1. The highest BCUT2D eigenvalue weighted by Crippen LogP contribution is 2.27. The van der Waals surface area contributed by atoms with E-state index in [-0.39, 0.29) is 18.3 Å². The van der Waals surface area contributed by atoms with E-state index < -0.39 is 6.04 Å². The van der Waals surface area contributed by atoms with Crippen molar-refractivity contribution >= 4 is 35.3 Å². The van der Waals surface area contributed by atoms with Crippen LogP contribution in [0.25, 0.3) is 11.0 Å². The van der Waals surface area contributed by atoms with Gasteiger partial charge in [0.15, 0.2) is 0 Å². The number of benzene rings is 1. The zero-order valence-electron chi connectivity index (χ0n) is 12.3. The Balaban J connectivity index is 0.00000161. The zero-order valence-corrected chi connectivity index (χ0v) is 13.1. The molecule has 21 heavy (non-hydrogen) atoms. The molecule has 5 nitrogen and oxygen atoms in total. The van der Waals surface area contributed by atoms with E-state index in [2.05, 4.69) is 23.4 Å². The quantitative estimate of drug-likeness (QED) is 0.945. The van der Waals surface area contributed by atoms with Crippen molar-refractivity contribution in [2.75, 3.05) is 11.4 Å². The molecule has 0 spiro atoms. The Morgan fingerprint density at radius 1 is 1.33 bits per heavy atom. The molecule has 0 saturated carbocycles. The molecule has 1 aliphatic rings. The van der Waals surface area contributed by atoms with Gasteiger partial charge in [0.05, 0.1) is 17.1 Å². The highest BCUT2D eigenvalue weighted by Gasteiger charge is 2.31. The molecule has 2 N–H and O–H groups in total. The molecule has 1 aliphatic heterocycles. The van der Waals surface area contributed by atoms with Gasteiger partial charge in [-0.1, -0.05) is 26.0 Å². The molecule has 2 heterocycles. The number of anilines is 1. The van der Waals surface area contributed by atoms with Gasteiger partial charge in [0.1, 0.15) is 0 Å². The number of para-hydroxylation sites is 2. The number of amides is 1. The second-order valence-electron chi connectivity index (χ2n) is 5.78. The van der Waals surface area contributed by atoms with Crippen molar-refractivity contribution in [1.82, 2.24) is 9.55 Å². The monoisotopic (exact) mass is 308 g/mol. The third-order valence-corrected chi connectivity index (χ3v) is 3.73. The Hall–Kier alpha value is -1.59. The van der Waals surface area contributed by atoms with Crippen LogP contribution in [0.4, 0.5) is 5.95 Å². The lowest BCUT2D eigenvalue weighted by Gasteiger charge is -2.20. The van der Waals surface area contributed by atoms with E-state index in [1.807, 2.05) is 24.3 Å². The third-order valence-electron chi connectivity index (χ3n) is 3.73. The van der Waals surface area contributed by atoms with Crippen LogP contribution < -0.4 is 10.6 Å². The highest BCUT2D eigenvalue weighted by molar-refractivity contribution is 5.98. The number of hydrogen-bond acceptors (Lipinski definition) is 3. The molecular weight excluding hydrogens is 288 g/mol. The van der Waals surface area contributed by atoms with E-state index in [0.29, 0.717) is 18.9 Å². The maximum atomic E-state index is 12.5. The van der Waals surface area contributed by atoms with Crippen molar-refractivity contribution in [3.05, 3.63) is 24.3 Å². The number of nitrogens with zero attached hydrogens (tertiary/aromatic N) is 3. The van der Waals surface area contributed by atoms with Crippen LogP contribution in [0.3, 0.4) is 0 Å². The van der Waals surface area contributed by atoms with Crippen LogP contribution in [0.15, 0.2) is 24.3 Å². The fraction of sp³-hybridized carbons (Fsp3) is 0.467. The number of nitrogens with two attached hydrogens (primary N) is 1. The van der Waals surface area contributed by atoms with Gasteiger partial charge >= 0.3 is 0 Å². The minimum atomic E-state index is -0.443. The maximum absolute atomic E-state index is 12.5. The second kappa shape index (κ2) is 6.03. The molecule has 3 rings (SSSR count). The number of halogens is 1. The Labute approximate surface area is 130 Å². The molecule has 1 aromatic heterocycles. The van der Waals surface area contributed by atoms with Gasteiger partial charge in [-0.15, -0.1) is 12.4 Å². The number of rotatable bonds is 3. The smallest absolute Gasteiger partial charge is 0.246 e. The van der Waals surface area contributed by atoms with Crippen LogP contribution in [-0.2, 0) is 11.3 Å². The van der Waals surface area contributed by atoms with Crippen LogP contribution in [0.1, 0.15) is 20.3 Å². The number of aromatic nitrogens is 2. The number of imidazole rings is 1. The summed E-state index contributed by atoms with van der Waals surface area (Å²) in [5.74, 6) is 1.12. The highest BCUT2D eigenvalue weighted by atomic mass is 35.5. The van der Waals surface area contributed by atoms with Crippen LogP contribution in [-0.4, -0.2) is 28.0 Å². The molecule has 0 saturated heterocycles. The van der Waals surface area contributed by atoms with E-state index in [4.69, 9.17) is 5.73 Å². The van der Waals surface area contributed by atoms with Gasteiger partial charge in [-0.25, -0.2) is 4.98 Å². The number of hydrogen-bond donors (Lipinski definition) is 1. The lowest BCUT2D eigenvalue weighted by molar-refractivity contribution is -0.120. The van der Waals surface area contributed by atoms with E-state index in [1.54, 1.807) is 4.90 Å². The molecule has 1 atom stereocenters. The molecular formula is C15H21ClN4O. The first-order valence-corrected chi connectivity index (χ1v) is 7.10. The average Bonchev–Trinajstić information content (AvgIpc) is 2.95. The van der Waals surface area contributed by atoms with Crippen molar-refractivity contribution in [3.8, 4) is 0 Å². The summed E-state index contributed by atoms with van der Waals surface area (Å²) in [6.07, 6.45) is 0.704. The fourth-order valence-corrected chi connectivity index (χ4v) is 2.81. The largest absolute Gasteiger partial charge is 0.320 e. The lowest BCUT2D eigenvalue weighted by Crippen LogP contribution is -2.44. The summed E-state index contributed by atoms with van der Waals surface area (Å²) in [5.41, 5.74) is 8.03. The predicted octanol–water partition coefficient (Wildman–Crippen LogP) is 2.18. The minimum absolute atomic E-state index is 0. The Morgan fingerprint density at radius 3 is 2.76 bits per heavy atom. The first kappa shape index (κ1) is 15.8. The van der Waals surface area contributed by atoms with Crippen molar-refractivity contribution < 1.29 is 4.79 Å². The fourth-order valence-electron chi connectivity index (χ4n) is 2.81. The standard InChI is InChI=1S/C15H20N4O.ClH/c1-10(2)9-11(16)14(20)19-8-7-18-13-6-4-3-5-12(13)17-15(18)19;/h3-6,10-11H,7-9,16H2,1-2H3;1H/t11-;/m0./s1. The van der Waals surface area contributed by atoms with Gasteiger partial charge < -0.3 is 10.3 Å². The molecule has 2 aromatic rings.